The number of amides is 1. The lowest BCUT2D eigenvalue weighted by Crippen LogP contribution is -2.17. The lowest BCUT2D eigenvalue weighted by molar-refractivity contribution is 0.0955. The summed E-state index contributed by atoms with van der Waals surface area (Å²) in [4.78, 5) is 12.4. The van der Waals surface area contributed by atoms with Crippen molar-refractivity contribution in [2.75, 3.05) is 6.61 Å². The van der Waals surface area contributed by atoms with E-state index in [1.54, 1.807) is 30.5 Å². The topological polar surface area (TPSA) is 55.6 Å². The molecule has 5 nitrogen and oxygen atoms in total. The van der Waals surface area contributed by atoms with Crippen LogP contribution in [0.3, 0.4) is 0 Å². The third kappa shape index (κ3) is 4.83. The lowest BCUT2D eigenvalue weighted by atomic mass is 10.1. The molecule has 5 heteroatoms. The Morgan fingerprint density at radius 2 is 1.77 bits per heavy atom. The fourth-order valence-corrected chi connectivity index (χ4v) is 3.49. The predicted molar refractivity (Wildman–Crippen MR) is 125 cm³/mol. The minimum Gasteiger partial charge on any atom is -0.494 e. The Bertz CT molecular complexity index is 1210. The number of benzene rings is 3. The molecule has 0 aliphatic heterocycles. The maximum atomic E-state index is 12.4. The molecule has 3 aromatic carbocycles. The van der Waals surface area contributed by atoms with Gasteiger partial charge >= 0.3 is 0 Å². The summed E-state index contributed by atoms with van der Waals surface area (Å²) in [6.45, 7) is 5.37. The third-order valence-corrected chi connectivity index (χ3v) is 5.09. The molecule has 4 rings (SSSR count). The molecule has 0 aliphatic carbocycles. The summed E-state index contributed by atoms with van der Waals surface area (Å²) >= 11 is 0. The van der Waals surface area contributed by atoms with Crippen molar-refractivity contribution >= 4 is 23.0 Å². The number of carbonyl (C=O) groups excluding carboxylic acids is 1. The maximum absolute atomic E-state index is 12.4. The van der Waals surface area contributed by atoms with Crippen LogP contribution >= 0.6 is 0 Å². The van der Waals surface area contributed by atoms with Crippen LogP contribution in [-0.4, -0.2) is 23.3 Å². The molecular formula is C26H25N3O2. The molecule has 0 saturated heterocycles. The van der Waals surface area contributed by atoms with Crippen LogP contribution in [0.1, 0.15) is 34.0 Å². The van der Waals surface area contributed by atoms with Gasteiger partial charge in [0.1, 0.15) is 5.75 Å². The molecule has 0 unspecified atom stereocenters. The van der Waals surface area contributed by atoms with Crippen LogP contribution < -0.4 is 10.2 Å². The Labute approximate surface area is 182 Å². The van der Waals surface area contributed by atoms with Crippen molar-refractivity contribution in [2.45, 2.75) is 20.4 Å². The summed E-state index contributed by atoms with van der Waals surface area (Å²) in [5.41, 5.74) is 7.70. The number of aryl methyl sites for hydroxylation is 1. The Balaban J connectivity index is 1.50. The highest BCUT2D eigenvalue weighted by Gasteiger charge is 2.08. The molecule has 0 bridgehead atoms. The fraction of sp³-hybridized carbons (Fsp3) is 0.154. The molecule has 0 spiro atoms. The van der Waals surface area contributed by atoms with Crippen LogP contribution in [-0.2, 0) is 6.54 Å². The van der Waals surface area contributed by atoms with Crippen molar-refractivity contribution in [3.05, 3.63) is 101 Å². The van der Waals surface area contributed by atoms with Gasteiger partial charge < -0.3 is 9.30 Å². The van der Waals surface area contributed by atoms with Gasteiger partial charge in [0, 0.05) is 34.8 Å². The number of ether oxygens (including phenoxy) is 1. The van der Waals surface area contributed by atoms with Gasteiger partial charge in [-0.25, -0.2) is 5.43 Å². The molecule has 31 heavy (non-hydrogen) atoms. The first-order chi connectivity index (χ1) is 15.1. The summed E-state index contributed by atoms with van der Waals surface area (Å²) in [5.74, 6) is 0.478. The van der Waals surface area contributed by atoms with Gasteiger partial charge in [-0.1, -0.05) is 48.0 Å². The van der Waals surface area contributed by atoms with Crippen molar-refractivity contribution in [2.24, 2.45) is 5.10 Å². The van der Waals surface area contributed by atoms with Gasteiger partial charge in [0.15, 0.2) is 0 Å². The molecule has 156 valence electrons. The van der Waals surface area contributed by atoms with Crippen LogP contribution in [0.2, 0.25) is 0 Å². The minimum atomic E-state index is -0.261. The number of para-hydroxylation sites is 1. The highest BCUT2D eigenvalue weighted by Crippen LogP contribution is 2.21. The van der Waals surface area contributed by atoms with Gasteiger partial charge in [-0.15, -0.1) is 0 Å². The zero-order valence-electron chi connectivity index (χ0n) is 17.7. The summed E-state index contributed by atoms with van der Waals surface area (Å²) < 4.78 is 7.61. The van der Waals surface area contributed by atoms with E-state index in [4.69, 9.17) is 4.74 Å². The van der Waals surface area contributed by atoms with Crippen molar-refractivity contribution in [1.29, 1.82) is 0 Å². The van der Waals surface area contributed by atoms with Crippen LogP contribution in [0.4, 0.5) is 0 Å². The zero-order valence-corrected chi connectivity index (χ0v) is 17.7. The van der Waals surface area contributed by atoms with Gasteiger partial charge in [-0.3, -0.25) is 4.79 Å². The molecule has 0 saturated carbocycles. The molecule has 4 aromatic rings. The Morgan fingerprint density at radius 1 is 1.03 bits per heavy atom. The normalized spacial score (nSPS) is 11.2. The molecule has 1 N–H and O–H groups in total. The largest absolute Gasteiger partial charge is 0.494 e. The number of hydrazone groups is 1. The lowest BCUT2D eigenvalue weighted by Gasteiger charge is -2.06. The summed E-state index contributed by atoms with van der Waals surface area (Å²) in [7, 11) is 0. The van der Waals surface area contributed by atoms with Crippen LogP contribution in [0.25, 0.3) is 10.9 Å². The molecule has 0 fully saturated rings. The molecule has 0 atom stereocenters. The van der Waals surface area contributed by atoms with E-state index in [2.05, 4.69) is 64.6 Å². The zero-order chi connectivity index (χ0) is 21.6. The minimum absolute atomic E-state index is 0.261. The Kier molecular flexibility index (Phi) is 6.13. The standard InChI is InChI=1S/C26H25N3O2/c1-3-31-23-14-12-21(13-15-23)26(30)28-27-16-22-18-29(25-7-5-4-6-24(22)25)17-20-10-8-19(2)9-11-20/h4-16,18H,3,17H2,1-2H3,(H,28,30)/b27-16+. The quantitative estimate of drug-likeness (QED) is 0.337. The summed E-state index contributed by atoms with van der Waals surface area (Å²) in [6, 6.07) is 23.8. The molecule has 0 aliphatic rings. The first-order valence-electron chi connectivity index (χ1n) is 10.3. The monoisotopic (exact) mass is 411 g/mol. The van der Waals surface area contributed by atoms with E-state index in [0.29, 0.717) is 12.2 Å². The van der Waals surface area contributed by atoms with Crippen LogP contribution in [0, 0.1) is 6.92 Å². The number of aromatic nitrogens is 1. The van der Waals surface area contributed by atoms with Crippen molar-refractivity contribution in [3.63, 3.8) is 0 Å². The van der Waals surface area contributed by atoms with E-state index < -0.39 is 0 Å². The Hall–Kier alpha value is -3.86. The maximum Gasteiger partial charge on any atom is 0.271 e. The van der Waals surface area contributed by atoms with E-state index >= 15 is 0 Å². The van der Waals surface area contributed by atoms with Crippen molar-refractivity contribution in [3.8, 4) is 5.75 Å². The van der Waals surface area contributed by atoms with E-state index in [0.717, 1.165) is 28.8 Å². The second-order valence-corrected chi connectivity index (χ2v) is 7.37. The number of fused-ring (bicyclic) bond motifs is 1. The number of nitrogens with one attached hydrogen (secondary N) is 1. The van der Waals surface area contributed by atoms with Crippen molar-refractivity contribution in [1.82, 2.24) is 9.99 Å². The van der Waals surface area contributed by atoms with Gasteiger partial charge in [-0.05, 0) is 49.7 Å². The number of carbonyl (C=O) groups is 1. The first kappa shape index (κ1) is 20.4. The number of rotatable bonds is 7. The van der Waals surface area contributed by atoms with Gasteiger partial charge in [0.2, 0.25) is 0 Å². The molecular weight excluding hydrogens is 386 g/mol. The average molecular weight is 412 g/mol. The second kappa shape index (κ2) is 9.30. The Morgan fingerprint density at radius 3 is 2.52 bits per heavy atom. The van der Waals surface area contributed by atoms with E-state index in [-0.39, 0.29) is 5.91 Å². The highest BCUT2D eigenvalue weighted by atomic mass is 16.5. The number of hydrogen-bond donors (Lipinski definition) is 1. The van der Waals surface area contributed by atoms with E-state index in [1.807, 2.05) is 19.1 Å². The van der Waals surface area contributed by atoms with Crippen molar-refractivity contribution < 1.29 is 9.53 Å². The summed E-state index contributed by atoms with van der Waals surface area (Å²) in [6.07, 6.45) is 3.76. The van der Waals surface area contributed by atoms with Gasteiger partial charge in [0.25, 0.3) is 5.91 Å². The van der Waals surface area contributed by atoms with E-state index in [1.165, 1.54) is 11.1 Å². The molecule has 0 radical (unpaired) electrons. The molecule has 1 amide bonds. The van der Waals surface area contributed by atoms with E-state index in [9.17, 15) is 4.79 Å². The van der Waals surface area contributed by atoms with Gasteiger partial charge in [0.05, 0.1) is 12.8 Å². The molecule has 1 heterocycles. The third-order valence-electron chi connectivity index (χ3n) is 5.09. The molecule has 1 aromatic heterocycles. The average Bonchev–Trinajstić information content (AvgIpc) is 3.13. The SMILES string of the molecule is CCOc1ccc(C(=O)N/N=C/c2cn(Cc3ccc(C)cc3)c3ccccc23)cc1. The predicted octanol–water partition coefficient (Wildman–Crippen LogP) is 5.16. The number of hydrogen-bond acceptors (Lipinski definition) is 3. The van der Waals surface area contributed by atoms with Gasteiger partial charge in [-0.2, -0.15) is 5.10 Å². The fourth-order valence-electron chi connectivity index (χ4n) is 3.49. The van der Waals surface area contributed by atoms with Crippen LogP contribution in [0.5, 0.6) is 5.75 Å². The van der Waals surface area contributed by atoms with Crippen LogP contribution in [0.15, 0.2) is 84.1 Å². The summed E-state index contributed by atoms with van der Waals surface area (Å²) in [5, 5.41) is 5.28. The second-order valence-electron chi connectivity index (χ2n) is 7.37. The highest BCUT2D eigenvalue weighted by molar-refractivity contribution is 6.00. The number of nitrogens with zero attached hydrogens (tertiary/aromatic N) is 2. The first-order valence-corrected chi connectivity index (χ1v) is 10.3. The smallest absolute Gasteiger partial charge is 0.271 e.